The van der Waals surface area contributed by atoms with Crippen molar-refractivity contribution in [3.05, 3.63) is 35.6 Å². The van der Waals surface area contributed by atoms with E-state index < -0.39 is 5.97 Å². The van der Waals surface area contributed by atoms with Gasteiger partial charge in [-0.3, -0.25) is 4.79 Å². The highest BCUT2D eigenvalue weighted by Crippen LogP contribution is 2.24. The van der Waals surface area contributed by atoms with Crippen LogP contribution in [-0.4, -0.2) is 11.1 Å². The first-order valence-corrected chi connectivity index (χ1v) is 7.54. The average Bonchev–Trinajstić information content (AvgIpc) is 2.44. The van der Waals surface area contributed by atoms with Crippen molar-refractivity contribution < 1.29 is 14.3 Å². The van der Waals surface area contributed by atoms with E-state index in [9.17, 15) is 14.3 Å². The van der Waals surface area contributed by atoms with Crippen molar-refractivity contribution >= 4 is 5.97 Å². The van der Waals surface area contributed by atoms with Gasteiger partial charge in [-0.25, -0.2) is 4.39 Å². The Kier molecular flexibility index (Phi) is 7.27. The van der Waals surface area contributed by atoms with Gasteiger partial charge in [0.05, 0.1) is 5.92 Å². The monoisotopic (exact) mass is 280 g/mol. The highest BCUT2D eigenvalue weighted by molar-refractivity contribution is 5.70. The predicted molar refractivity (Wildman–Crippen MR) is 79.2 cm³/mol. The molecule has 0 aliphatic carbocycles. The fourth-order valence-electron chi connectivity index (χ4n) is 2.56. The number of carboxylic acid groups (broad SMARTS) is 1. The molecule has 2 nitrogen and oxygen atoms in total. The van der Waals surface area contributed by atoms with Crippen LogP contribution in [0, 0.1) is 17.7 Å². The number of halogens is 1. The van der Waals surface area contributed by atoms with E-state index in [0.29, 0.717) is 18.8 Å². The molecule has 0 amide bonds. The van der Waals surface area contributed by atoms with E-state index in [4.69, 9.17) is 0 Å². The topological polar surface area (TPSA) is 37.3 Å². The number of rotatable bonds is 9. The van der Waals surface area contributed by atoms with Gasteiger partial charge in [-0.05, 0) is 36.5 Å². The summed E-state index contributed by atoms with van der Waals surface area (Å²) in [6, 6.07) is 6.14. The molecule has 2 atom stereocenters. The third-order valence-electron chi connectivity index (χ3n) is 3.91. The summed E-state index contributed by atoms with van der Waals surface area (Å²) in [4.78, 5) is 11.4. The molecule has 112 valence electrons. The molecule has 2 unspecified atom stereocenters. The summed E-state index contributed by atoms with van der Waals surface area (Å²) < 4.78 is 12.9. The highest BCUT2D eigenvalue weighted by atomic mass is 19.1. The molecule has 1 aromatic carbocycles. The quantitative estimate of drug-likeness (QED) is 0.713. The van der Waals surface area contributed by atoms with Gasteiger partial charge in [0.15, 0.2) is 0 Å². The maximum Gasteiger partial charge on any atom is 0.306 e. The van der Waals surface area contributed by atoms with Gasteiger partial charge in [0.2, 0.25) is 0 Å². The second kappa shape index (κ2) is 8.72. The Bertz CT molecular complexity index is 400. The molecule has 0 heterocycles. The molecule has 1 rings (SSSR count). The van der Waals surface area contributed by atoms with E-state index in [2.05, 4.69) is 13.8 Å². The van der Waals surface area contributed by atoms with Gasteiger partial charge in [-0.1, -0.05) is 51.7 Å². The van der Waals surface area contributed by atoms with E-state index in [-0.39, 0.29) is 11.7 Å². The molecule has 0 aromatic heterocycles. The summed E-state index contributed by atoms with van der Waals surface area (Å²) in [5.41, 5.74) is 0.893. The van der Waals surface area contributed by atoms with Crippen molar-refractivity contribution in [1.82, 2.24) is 0 Å². The van der Waals surface area contributed by atoms with Crippen LogP contribution in [-0.2, 0) is 11.2 Å². The molecule has 0 radical (unpaired) electrons. The molecule has 0 saturated heterocycles. The third-order valence-corrected chi connectivity index (χ3v) is 3.91. The lowest BCUT2D eigenvalue weighted by molar-refractivity contribution is -0.142. The summed E-state index contributed by atoms with van der Waals surface area (Å²) in [5, 5.41) is 9.38. The fourth-order valence-corrected chi connectivity index (χ4v) is 2.56. The van der Waals surface area contributed by atoms with E-state index in [0.717, 1.165) is 31.2 Å². The SMILES string of the molecule is CCCCC(CC)CC(Cc1ccc(F)cc1)C(=O)O. The van der Waals surface area contributed by atoms with E-state index in [1.807, 2.05) is 0 Å². The first-order valence-electron chi connectivity index (χ1n) is 7.54. The van der Waals surface area contributed by atoms with Gasteiger partial charge in [-0.15, -0.1) is 0 Å². The normalized spacial score (nSPS) is 13.9. The number of hydrogen-bond acceptors (Lipinski definition) is 1. The van der Waals surface area contributed by atoms with Crippen molar-refractivity contribution in [2.75, 3.05) is 0 Å². The van der Waals surface area contributed by atoms with Gasteiger partial charge in [0.25, 0.3) is 0 Å². The molecule has 0 spiro atoms. The Balaban J connectivity index is 2.63. The number of hydrogen-bond donors (Lipinski definition) is 1. The molecule has 0 bridgehead atoms. The van der Waals surface area contributed by atoms with Crippen LogP contribution in [0.4, 0.5) is 4.39 Å². The van der Waals surface area contributed by atoms with Gasteiger partial charge < -0.3 is 5.11 Å². The maximum atomic E-state index is 12.9. The van der Waals surface area contributed by atoms with E-state index >= 15 is 0 Å². The first-order chi connectivity index (χ1) is 9.56. The Morgan fingerprint density at radius 1 is 1.25 bits per heavy atom. The number of carboxylic acids is 1. The Labute approximate surface area is 121 Å². The van der Waals surface area contributed by atoms with Crippen LogP contribution in [0.15, 0.2) is 24.3 Å². The first kappa shape index (κ1) is 16.7. The zero-order valence-corrected chi connectivity index (χ0v) is 12.4. The largest absolute Gasteiger partial charge is 0.481 e. The van der Waals surface area contributed by atoms with Crippen LogP contribution in [0.2, 0.25) is 0 Å². The molecule has 1 N–H and O–H groups in total. The molecular weight excluding hydrogens is 255 g/mol. The Hall–Kier alpha value is -1.38. The second-order valence-electron chi connectivity index (χ2n) is 5.52. The van der Waals surface area contributed by atoms with Gasteiger partial charge >= 0.3 is 5.97 Å². The van der Waals surface area contributed by atoms with Crippen LogP contribution < -0.4 is 0 Å². The van der Waals surface area contributed by atoms with E-state index in [1.165, 1.54) is 12.1 Å². The van der Waals surface area contributed by atoms with Crippen LogP contribution in [0.3, 0.4) is 0 Å². The number of aliphatic carboxylic acids is 1. The Morgan fingerprint density at radius 2 is 1.90 bits per heavy atom. The molecule has 0 saturated carbocycles. The predicted octanol–water partition coefficient (Wildman–Crippen LogP) is 4.68. The number of carbonyl (C=O) groups is 1. The smallest absolute Gasteiger partial charge is 0.306 e. The molecule has 0 aliphatic heterocycles. The molecular formula is C17H25FO2. The van der Waals surface area contributed by atoms with Crippen LogP contribution in [0.5, 0.6) is 0 Å². The third kappa shape index (κ3) is 5.72. The maximum absolute atomic E-state index is 12.9. The molecule has 0 fully saturated rings. The van der Waals surface area contributed by atoms with Crippen LogP contribution >= 0.6 is 0 Å². The fraction of sp³-hybridized carbons (Fsp3) is 0.588. The van der Waals surface area contributed by atoms with Crippen molar-refractivity contribution in [1.29, 1.82) is 0 Å². The second-order valence-corrected chi connectivity index (χ2v) is 5.52. The Morgan fingerprint density at radius 3 is 2.40 bits per heavy atom. The lowest BCUT2D eigenvalue weighted by atomic mass is 9.85. The van der Waals surface area contributed by atoms with Crippen molar-refractivity contribution in [3.8, 4) is 0 Å². The van der Waals surface area contributed by atoms with Gasteiger partial charge in [0.1, 0.15) is 5.82 Å². The minimum atomic E-state index is -0.746. The molecule has 3 heteroatoms. The van der Waals surface area contributed by atoms with Crippen molar-refractivity contribution in [2.45, 2.75) is 52.4 Å². The lowest BCUT2D eigenvalue weighted by Gasteiger charge is -2.20. The molecule has 1 aromatic rings. The van der Waals surface area contributed by atoms with Crippen LogP contribution in [0.25, 0.3) is 0 Å². The minimum absolute atomic E-state index is 0.282. The highest BCUT2D eigenvalue weighted by Gasteiger charge is 2.22. The zero-order valence-electron chi connectivity index (χ0n) is 12.4. The number of unbranched alkanes of at least 4 members (excludes halogenated alkanes) is 1. The van der Waals surface area contributed by atoms with Gasteiger partial charge in [-0.2, -0.15) is 0 Å². The molecule has 20 heavy (non-hydrogen) atoms. The summed E-state index contributed by atoms with van der Waals surface area (Å²) in [5.74, 6) is -0.932. The van der Waals surface area contributed by atoms with Crippen LogP contribution in [0.1, 0.15) is 51.5 Å². The number of benzene rings is 1. The minimum Gasteiger partial charge on any atom is -0.481 e. The lowest BCUT2D eigenvalue weighted by Crippen LogP contribution is -2.20. The average molecular weight is 280 g/mol. The summed E-state index contributed by atoms with van der Waals surface area (Å²) in [6.07, 6.45) is 5.61. The van der Waals surface area contributed by atoms with Crippen molar-refractivity contribution in [2.24, 2.45) is 11.8 Å². The van der Waals surface area contributed by atoms with Crippen molar-refractivity contribution in [3.63, 3.8) is 0 Å². The molecule has 0 aliphatic rings. The summed E-state index contributed by atoms with van der Waals surface area (Å²) >= 11 is 0. The van der Waals surface area contributed by atoms with Gasteiger partial charge in [0, 0.05) is 0 Å². The summed E-state index contributed by atoms with van der Waals surface area (Å²) in [6.45, 7) is 4.27. The standard InChI is InChI=1S/C17H25FO2/c1-3-5-6-13(4-2)11-15(17(19)20)12-14-7-9-16(18)10-8-14/h7-10,13,15H,3-6,11-12H2,1-2H3,(H,19,20). The van der Waals surface area contributed by atoms with E-state index in [1.54, 1.807) is 12.1 Å². The summed E-state index contributed by atoms with van der Waals surface area (Å²) in [7, 11) is 0. The zero-order chi connectivity index (χ0) is 15.0.